The Kier molecular flexibility index (Phi) is 10.9. The van der Waals surface area contributed by atoms with Crippen LogP contribution in [0.1, 0.15) is 40.7 Å². The number of halogens is 5. The molecular formula is C34H31ClF4N6O3. The molecule has 3 heterocycles. The summed E-state index contributed by atoms with van der Waals surface area (Å²) in [5.41, 5.74) is 5.07. The number of anilines is 5. The van der Waals surface area contributed by atoms with E-state index < -0.39 is 12.5 Å². The summed E-state index contributed by atoms with van der Waals surface area (Å²) >= 11 is 6.38. The molecule has 0 radical (unpaired) electrons. The third-order valence-electron chi connectivity index (χ3n) is 7.85. The normalized spacial score (nSPS) is 14.4. The Morgan fingerprint density at radius 3 is 2.40 bits per heavy atom. The monoisotopic (exact) mass is 682 g/mol. The number of hydrogen-bond donors (Lipinski definition) is 3. The average molecular weight is 683 g/mol. The lowest BCUT2D eigenvalue weighted by molar-refractivity contribution is -0.156. The number of rotatable bonds is 4. The summed E-state index contributed by atoms with van der Waals surface area (Å²) in [7, 11) is 0. The molecule has 6 rings (SSSR count). The molecule has 0 spiro atoms. The summed E-state index contributed by atoms with van der Waals surface area (Å²) in [5.74, 6) is 0.581. The van der Waals surface area contributed by atoms with Crippen LogP contribution in [0.3, 0.4) is 0 Å². The molecule has 4 aromatic rings. The quantitative estimate of drug-likeness (QED) is 0.151. The van der Waals surface area contributed by atoms with E-state index in [4.69, 9.17) is 16.4 Å². The van der Waals surface area contributed by atoms with Crippen molar-refractivity contribution in [3.63, 3.8) is 0 Å². The number of carbonyl (C=O) groups excluding carboxylic acids is 3. The van der Waals surface area contributed by atoms with Crippen molar-refractivity contribution in [3.8, 4) is 0 Å². The van der Waals surface area contributed by atoms with Crippen LogP contribution in [0, 0.1) is 11.7 Å². The number of alkyl halides is 3. The molecule has 2 amide bonds. The SMILES string of the molecule is O=C(CC1CCN(C(=O)c2ccc(F)cc2)CC1)Nc1ccc2cc1CCc1cccc(c1)Nc1ncc(Cl)c(n1)N2.O=CC(F)(F)F. The fraction of sp³-hybridized carbons (Fsp3) is 0.265. The molecule has 9 nitrogen and oxygen atoms in total. The van der Waals surface area contributed by atoms with E-state index in [1.807, 2.05) is 30.3 Å². The zero-order valence-electron chi connectivity index (χ0n) is 25.5. The maximum Gasteiger partial charge on any atom is 0.446 e. The summed E-state index contributed by atoms with van der Waals surface area (Å²) in [6.45, 7) is 1.14. The minimum Gasteiger partial charge on any atom is -0.339 e. The molecule has 3 aromatic carbocycles. The van der Waals surface area contributed by atoms with E-state index >= 15 is 0 Å². The van der Waals surface area contributed by atoms with Gasteiger partial charge in [-0.15, -0.1) is 0 Å². The Balaban J connectivity index is 0.000000689. The lowest BCUT2D eigenvalue weighted by Crippen LogP contribution is -2.39. The lowest BCUT2D eigenvalue weighted by atomic mass is 9.92. The zero-order chi connectivity index (χ0) is 34.3. The number of nitrogens with zero attached hydrogens (tertiary/aromatic N) is 3. The van der Waals surface area contributed by atoms with Gasteiger partial charge >= 0.3 is 6.18 Å². The standard InChI is InChI=1S/C32H30ClFN6O2.C2HF3O/c33-27-19-35-32-37-25-3-1-2-20(16-25)4-5-23-18-26(36-30(27)39-32)10-11-28(23)38-29(41)17-21-12-14-40(15-13-21)31(42)22-6-8-24(34)9-7-22;3-2(4,5)1-6/h1-3,6-11,16,18-19,21H,4-5,12-15,17H2,(H,38,41)(H2,35,36,37,39);1H. The van der Waals surface area contributed by atoms with E-state index in [9.17, 15) is 27.2 Å². The van der Waals surface area contributed by atoms with Crippen molar-refractivity contribution in [1.82, 2.24) is 14.9 Å². The fourth-order valence-electron chi connectivity index (χ4n) is 5.44. The predicted molar refractivity (Wildman–Crippen MR) is 174 cm³/mol. The third kappa shape index (κ3) is 9.50. The van der Waals surface area contributed by atoms with Gasteiger partial charge in [-0.2, -0.15) is 18.2 Å². The van der Waals surface area contributed by atoms with Crippen LogP contribution in [-0.4, -0.2) is 52.2 Å². The summed E-state index contributed by atoms with van der Waals surface area (Å²) in [4.78, 5) is 45.2. The molecule has 0 aliphatic carbocycles. The number of nitrogens with one attached hydrogen (secondary N) is 3. The first kappa shape index (κ1) is 34.3. The van der Waals surface area contributed by atoms with Crippen LogP contribution in [0.5, 0.6) is 0 Å². The van der Waals surface area contributed by atoms with E-state index in [-0.39, 0.29) is 23.5 Å². The number of aldehydes is 1. The van der Waals surface area contributed by atoms with E-state index in [2.05, 4.69) is 38.1 Å². The van der Waals surface area contributed by atoms with Crippen molar-refractivity contribution in [2.75, 3.05) is 29.0 Å². The minimum absolute atomic E-state index is 0.0483. The number of hydrogen-bond acceptors (Lipinski definition) is 7. The second-order valence-corrected chi connectivity index (χ2v) is 11.8. The predicted octanol–water partition coefficient (Wildman–Crippen LogP) is 7.48. The molecule has 2 aliphatic heterocycles. The number of aromatic nitrogens is 2. The van der Waals surface area contributed by atoms with E-state index in [0.29, 0.717) is 41.9 Å². The van der Waals surface area contributed by atoms with Crippen LogP contribution in [0.4, 0.5) is 46.4 Å². The van der Waals surface area contributed by atoms with Crippen LogP contribution >= 0.6 is 11.6 Å². The average Bonchev–Trinajstić information content (AvgIpc) is 3.07. The van der Waals surface area contributed by atoms with Crippen LogP contribution in [0.2, 0.25) is 5.02 Å². The zero-order valence-corrected chi connectivity index (χ0v) is 26.2. The van der Waals surface area contributed by atoms with Gasteiger partial charge in [-0.25, -0.2) is 9.37 Å². The number of fused-ring (bicyclic) bond motifs is 6. The number of amides is 2. The summed E-state index contributed by atoms with van der Waals surface area (Å²) in [6, 6.07) is 19.5. The molecule has 2 aliphatic rings. The van der Waals surface area contributed by atoms with Crippen LogP contribution < -0.4 is 16.0 Å². The Bertz CT molecular complexity index is 1780. The highest BCUT2D eigenvalue weighted by Gasteiger charge is 2.26. The Labute approximate surface area is 278 Å². The molecule has 14 heteroatoms. The van der Waals surface area contributed by atoms with Gasteiger partial charge in [0.1, 0.15) is 10.8 Å². The molecular weight excluding hydrogens is 652 g/mol. The molecule has 1 aromatic heterocycles. The summed E-state index contributed by atoms with van der Waals surface area (Å²) < 4.78 is 44.5. The second-order valence-electron chi connectivity index (χ2n) is 11.4. The van der Waals surface area contributed by atoms with Gasteiger partial charge in [0, 0.05) is 42.1 Å². The molecule has 0 atom stereocenters. The molecule has 1 saturated heterocycles. The summed E-state index contributed by atoms with van der Waals surface area (Å²) in [5, 5.41) is 10.1. The highest BCUT2D eigenvalue weighted by molar-refractivity contribution is 6.32. The highest BCUT2D eigenvalue weighted by atomic mass is 35.5. The number of likely N-dealkylation sites (tertiary alicyclic amines) is 1. The van der Waals surface area contributed by atoms with Gasteiger partial charge in [-0.3, -0.25) is 14.4 Å². The first-order valence-corrected chi connectivity index (χ1v) is 15.5. The van der Waals surface area contributed by atoms with Gasteiger partial charge in [0.25, 0.3) is 5.91 Å². The molecule has 6 bridgehead atoms. The van der Waals surface area contributed by atoms with Gasteiger partial charge in [-0.05, 0) is 97.3 Å². The van der Waals surface area contributed by atoms with Crippen molar-refractivity contribution >= 4 is 58.5 Å². The van der Waals surface area contributed by atoms with Crippen molar-refractivity contribution in [2.45, 2.75) is 38.3 Å². The van der Waals surface area contributed by atoms with Crippen molar-refractivity contribution in [1.29, 1.82) is 0 Å². The van der Waals surface area contributed by atoms with Gasteiger partial charge in [-0.1, -0.05) is 23.7 Å². The van der Waals surface area contributed by atoms with Crippen molar-refractivity contribution in [3.05, 3.63) is 100 Å². The Morgan fingerprint density at radius 2 is 1.69 bits per heavy atom. The molecule has 0 saturated carbocycles. The maximum absolute atomic E-state index is 13.2. The van der Waals surface area contributed by atoms with Crippen molar-refractivity contribution < 1.29 is 31.9 Å². The largest absolute Gasteiger partial charge is 0.446 e. The minimum atomic E-state index is -4.64. The van der Waals surface area contributed by atoms with E-state index in [0.717, 1.165) is 53.9 Å². The maximum atomic E-state index is 13.2. The topological polar surface area (TPSA) is 116 Å². The van der Waals surface area contributed by atoms with Gasteiger partial charge in [0.15, 0.2) is 5.82 Å². The third-order valence-corrected chi connectivity index (χ3v) is 8.13. The smallest absolute Gasteiger partial charge is 0.339 e. The second kappa shape index (κ2) is 15.2. The summed E-state index contributed by atoms with van der Waals surface area (Å²) in [6.07, 6.45) is -0.791. The Morgan fingerprint density at radius 1 is 0.979 bits per heavy atom. The number of aryl methyl sites for hydroxylation is 2. The van der Waals surface area contributed by atoms with E-state index in [1.165, 1.54) is 24.3 Å². The van der Waals surface area contributed by atoms with E-state index in [1.54, 1.807) is 11.1 Å². The van der Waals surface area contributed by atoms with Gasteiger partial charge < -0.3 is 20.9 Å². The first-order valence-electron chi connectivity index (χ1n) is 15.1. The highest BCUT2D eigenvalue weighted by Crippen LogP contribution is 2.30. The molecule has 3 N–H and O–H groups in total. The Hall–Kier alpha value is -5.04. The van der Waals surface area contributed by atoms with Gasteiger partial charge in [0.05, 0.1) is 6.20 Å². The first-order chi connectivity index (χ1) is 23.0. The fourth-order valence-corrected chi connectivity index (χ4v) is 5.58. The van der Waals surface area contributed by atoms with Crippen LogP contribution in [-0.2, 0) is 22.4 Å². The number of piperidine rings is 1. The number of benzene rings is 3. The van der Waals surface area contributed by atoms with Crippen LogP contribution in [0.25, 0.3) is 0 Å². The lowest BCUT2D eigenvalue weighted by Gasteiger charge is -2.32. The van der Waals surface area contributed by atoms with Crippen LogP contribution in [0.15, 0.2) is 72.9 Å². The number of carbonyl (C=O) groups is 3. The van der Waals surface area contributed by atoms with Crippen molar-refractivity contribution in [2.24, 2.45) is 5.92 Å². The molecule has 250 valence electrons. The van der Waals surface area contributed by atoms with Gasteiger partial charge in [0.2, 0.25) is 18.1 Å². The molecule has 48 heavy (non-hydrogen) atoms. The molecule has 1 fully saturated rings. The molecule has 0 unspecified atom stereocenters.